The molecule has 1 atom stereocenters. The van der Waals surface area contributed by atoms with Crippen molar-refractivity contribution in [3.8, 4) is 11.5 Å². The highest BCUT2D eigenvalue weighted by atomic mass is 79.9. The predicted octanol–water partition coefficient (Wildman–Crippen LogP) is 4.09. The van der Waals surface area contributed by atoms with E-state index in [1.54, 1.807) is 11.3 Å². The number of ether oxygens (including phenoxy) is 2. The van der Waals surface area contributed by atoms with Gasteiger partial charge in [0.2, 0.25) is 6.79 Å². The maximum Gasteiger partial charge on any atom is 0.231 e. The van der Waals surface area contributed by atoms with Crippen molar-refractivity contribution in [2.75, 3.05) is 6.79 Å². The summed E-state index contributed by atoms with van der Waals surface area (Å²) in [5.74, 6) is 1.62. The first-order valence-electron chi connectivity index (χ1n) is 6.09. The maximum absolute atomic E-state index is 5.42. The molecule has 1 aromatic heterocycles. The van der Waals surface area contributed by atoms with Crippen molar-refractivity contribution < 1.29 is 9.47 Å². The molecule has 19 heavy (non-hydrogen) atoms. The van der Waals surface area contributed by atoms with Crippen molar-refractivity contribution in [1.29, 1.82) is 0 Å². The lowest BCUT2D eigenvalue weighted by molar-refractivity contribution is 0.173. The van der Waals surface area contributed by atoms with Crippen LogP contribution in [0.3, 0.4) is 0 Å². The molecule has 1 aromatic carbocycles. The van der Waals surface area contributed by atoms with Crippen LogP contribution in [0.5, 0.6) is 11.5 Å². The number of rotatable bonds is 4. The molecular formula is C14H14BrNO2S. The van der Waals surface area contributed by atoms with Gasteiger partial charge in [-0.15, -0.1) is 11.3 Å². The lowest BCUT2D eigenvalue weighted by atomic mass is 10.2. The number of halogens is 1. The standard InChI is InChI=1S/C14H14BrNO2S/c1-9(13-3-2-4-19-13)16-7-10-5-11(15)14-12(6-10)17-8-18-14/h2-6,9,16H,7-8H2,1H3. The first-order chi connectivity index (χ1) is 9.24. The summed E-state index contributed by atoms with van der Waals surface area (Å²) in [4.78, 5) is 1.35. The first kappa shape index (κ1) is 13.0. The fourth-order valence-corrected chi connectivity index (χ4v) is 3.39. The molecular weight excluding hydrogens is 326 g/mol. The largest absolute Gasteiger partial charge is 0.454 e. The third kappa shape index (κ3) is 2.78. The van der Waals surface area contributed by atoms with Crippen molar-refractivity contribution in [3.63, 3.8) is 0 Å². The van der Waals surface area contributed by atoms with Crippen LogP contribution >= 0.6 is 27.3 Å². The molecule has 1 unspecified atom stereocenters. The average Bonchev–Trinajstić information content (AvgIpc) is 3.06. The minimum Gasteiger partial charge on any atom is -0.454 e. The summed E-state index contributed by atoms with van der Waals surface area (Å²) in [6.07, 6.45) is 0. The lowest BCUT2D eigenvalue weighted by Crippen LogP contribution is -2.17. The summed E-state index contributed by atoms with van der Waals surface area (Å²) < 4.78 is 11.7. The van der Waals surface area contributed by atoms with Gasteiger partial charge in [0, 0.05) is 17.5 Å². The number of benzene rings is 1. The highest BCUT2D eigenvalue weighted by Crippen LogP contribution is 2.40. The summed E-state index contributed by atoms with van der Waals surface area (Å²) >= 11 is 5.29. The van der Waals surface area contributed by atoms with Crippen LogP contribution in [0.4, 0.5) is 0 Å². The van der Waals surface area contributed by atoms with E-state index in [0.717, 1.165) is 22.5 Å². The lowest BCUT2D eigenvalue weighted by Gasteiger charge is -2.12. The summed E-state index contributed by atoms with van der Waals surface area (Å²) in [7, 11) is 0. The van der Waals surface area contributed by atoms with Gasteiger partial charge in [0.1, 0.15) is 0 Å². The van der Waals surface area contributed by atoms with Gasteiger partial charge in [-0.1, -0.05) is 6.07 Å². The number of hydrogen-bond donors (Lipinski definition) is 1. The Balaban J connectivity index is 1.69. The molecule has 0 aliphatic carbocycles. The van der Waals surface area contributed by atoms with Crippen molar-refractivity contribution in [2.24, 2.45) is 0 Å². The molecule has 0 amide bonds. The van der Waals surface area contributed by atoms with Crippen LogP contribution in [0.25, 0.3) is 0 Å². The van der Waals surface area contributed by atoms with E-state index in [0.29, 0.717) is 12.8 Å². The van der Waals surface area contributed by atoms with Gasteiger partial charge in [-0.2, -0.15) is 0 Å². The third-order valence-corrected chi connectivity index (χ3v) is 4.71. The molecule has 2 heterocycles. The zero-order chi connectivity index (χ0) is 13.2. The second-order valence-corrected chi connectivity index (χ2v) is 6.26. The van der Waals surface area contributed by atoms with Crippen LogP contribution in [0.1, 0.15) is 23.4 Å². The summed E-state index contributed by atoms with van der Waals surface area (Å²) in [5, 5.41) is 5.61. The monoisotopic (exact) mass is 339 g/mol. The molecule has 5 heteroatoms. The molecule has 0 radical (unpaired) electrons. The highest BCUT2D eigenvalue weighted by Gasteiger charge is 2.18. The van der Waals surface area contributed by atoms with E-state index < -0.39 is 0 Å². The Hall–Kier alpha value is -1.04. The number of hydrogen-bond acceptors (Lipinski definition) is 4. The van der Waals surface area contributed by atoms with E-state index >= 15 is 0 Å². The van der Waals surface area contributed by atoms with E-state index in [1.807, 2.05) is 6.07 Å². The van der Waals surface area contributed by atoms with E-state index in [2.05, 4.69) is 51.7 Å². The number of fused-ring (bicyclic) bond motifs is 1. The fraction of sp³-hybridized carbons (Fsp3) is 0.286. The average molecular weight is 340 g/mol. The molecule has 0 fully saturated rings. The van der Waals surface area contributed by atoms with E-state index in [9.17, 15) is 0 Å². The Kier molecular flexibility index (Phi) is 3.77. The van der Waals surface area contributed by atoms with Crippen LogP contribution in [-0.2, 0) is 6.54 Å². The van der Waals surface area contributed by atoms with Crippen molar-refractivity contribution in [2.45, 2.75) is 19.5 Å². The van der Waals surface area contributed by atoms with Crippen molar-refractivity contribution in [1.82, 2.24) is 5.32 Å². The van der Waals surface area contributed by atoms with Crippen LogP contribution in [0, 0.1) is 0 Å². The number of nitrogens with one attached hydrogen (secondary N) is 1. The quantitative estimate of drug-likeness (QED) is 0.909. The van der Waals surface area contributed by atoms with Crippen LogP contribution in [0.2, 0.25) is 0 Å². The predicted molar refractivity (Wildman–Crippen MR) is 79.8 cm³/mol. The van der Waals surface area contributed by atoms with Gasteiger partial charge < -0.3 is 14.8 Å². The summed E-state index contributed by atoms with van der Waals surface area (Å²) in [6, 6.07) is 8.68. The second kappa shape index (κ2) is 5.53. The van der Waals surface area contributed by atoms with Gasteiger partial charge in [0.15, 0.2) is 11.5 Å². The van der Waals surface area contributed by atoms with Crippen molar-refractivity contribution >= 4 is 27.3 Å². The van der Waals surface area contributed by atoms with E-state index in [-0.39, 0.29) is 0 Å². The Morgan fingerprint density at radius 1 is 1.42 bits per heavy atom. The van der Waals surface area contributed by atoms with Crippen molar-refractivity contribution in [3.05, 3.63) is 44.6 Å². The first-order valence-corrected chi connectivity index (χ1v) is 7.76. The topological polar surface area (TPSA) is 30.5 Å². The summed E-state index contributed by atoms with van der Waals surface area (Å²) in [6.45, 7) is 3.28. The van der Waals surface area contributed by atoms with Gasteiger partial charge >= 0.3 is 0 Å². The zero-order valence-electron chi connectivity index (χ0n) is 10.5. The zero-order valence-corrected chi connectivity index (χ0v) is 12.9. The molecule has 1 aliphatic rings. The van der Waals surface area contributed by atoms with Crippen LogP contribution in [-0.4, -0.2) is 6.79 Å². The maximum atomic E-state index is 5.42. The van der Waals surface area contributed by atoms with Crippen LogP contribution < -0.4 is 14.8 Å². The SMILES string of the molecule is CC(NCc1cc(Br)c2c(c1)OCO2)c1cccs1. The minimum absolute atomic E-state index is 0.302. The molecule has 3 rings (SSSR count). The fourth-order valence-electron chi connectivity index (χ4n) is 2.03. The molecule has 3 nitrogen and oxygen atoms in total. The second-order valence-electron chi connectivity index (χ2n) is 4.43. The molecule has 0 bridgehead atoms. The van der Waals surface area contributed by atoms with Crippen LogP contribution in [0.15, 0.2) is 34.1 Å². The van der Waals surface area contributed by atoms with E-state index in [1.165, 1.54) is 10.4 Å². The van der Waals surface area contributed by atoms with Gasteiger partial charge in [-0.3, -0.25) is 0 Å². The molecule has 2 aromatic rings. The molecule has 1 N–H and O–H groups in total. The molecule has 0 spiro atoms. The van der Waals surface area contributed by atoms with Gasteiger partial charge in [-0.05, 0) is 52.0 Å². The smallest absolute Gasteiger partial charge is 0.231 e. The third-order valence-electron chi connectivity index (χ3n) is 3.07. The Labute approximate surface area is 124 Å². The van der Waals surface area contributed by atoms with Gasteiger partial charge in [0.25, 0.3) is 0 Å². The van der Waals surface area contributed by atoms with Gasteiger partial charge in [-0.25, -0.2) is 0 Å². The highest BCUT2D eigenvalue weighted by molar-refractivity contribution is 9.10. The summed E-state index contributed by atoms with van der Waals surface area (Å²) in [5.41, 5.74) is 1.18. The molecule has 100 valence electrons. The Bertz CT molecular complexity index is 571. The molecule has 0 saturated heterocycles. The van der Waals surface area contributed by atoms with Gasteiger partial charge in [0.05, 0.1) is 4.47 Å². The van der Waals surface area contributed by atoms with E-state index in [4.69, 9.17) is 9.47 Å². The Morgan fingerprint density at radius 2 is 2.32 bits per heavy atom. The molecule has 0 saturated carbocycles. The normalized spacial score (nSPS) is 14.6. The minimum atomic E-state index is 0.302. The Morgan fingerprint density at radius 3 is 3.11 bits per heavy atom. The molecule has 1 aliphatic heterocycles. The number of thiophene rings is 1.